The lowest BCUT2D eigenvalue weighted by Crippen LogP contribution is -2.16. The second kappa shape index (κ2) is 7.12. The number of hydrogen-bond donors (Lipinski definition) is 0. The van der Waals surface area contributed by atoms with Crippen molar-refractivity contribution in [2.24, 2.45) is 0 Å². The summed E-state index contributed by atoms with van der Waals surface area (Å²) in [5.74, 6) is -1.40. The maximum atomic E-state index is 12.6. The summed E-state index contributed by atoms with van der Waals surface area (Å²) >= 11 is 0. The van der Waals surface area contributed by atoms with Gasteiger partial charge in [0, 0.05) is 11.6 Å². The summed E-state index contributed by atoms with van der Waals surface area (Å²) < 4.78 is 10.6. The SMILES string of the molecule is O=C(COC(=O)c1cc(=O)c2ccccc2o1)c1ccc2c(c1)-c1ccccc1C2. The Hall–Kier alpha value is -3.99. The number of para-hydroxylation sites is 1. The van der Waals surface area contributed by atoms with Gasteiger partial charge in [0.05, 0.1) is 5.39 Å². The molecule has 1 heterocycles. The molecular formula is C25H16O5. The van der Waals surface area contributed by atoms with Gasteiger partial charge in [0.25, 0.3) is 0 Å². The first-order chi connectivity index (χ1) is 14.6. The van der Waals surface area contributed by atoms with E-state index in [9.17, 15) is 14.4 Å². The van der Waals surface area contributed by atoms with Gasteiger partial charge in [-0.1, -0.05) is 48.5 Å². The fraction of sp³-hybridized carbons (Fsp3) is 0.0800. The van der Waals surface area contributed by atoms with Crippen molar-refractivity contribution >= 4 is 22.7 Å². The zero-order valence-corrected chi connectivity index (χ0v) is 15.9. The number of rotatable bonds is 4. The lowest BCUT2D eigenvalue weighted by Gasteiger charge is -2.07. The minimum atomic E-state index is -0.849. The molecule has 1 aliphatic rings. The van der Waals surface area contributed by atoms with E-state index in [1.165, 1.54) is 11.1 Å². The molecular weight excluding hydrogens is 380 g/mol. The first-order valence-electron chi connectivity index (χ1n) is 9.54. The van der Waals surface area contributed by atoms with Crippen molar-refractivity contribution < 1.29 is 18.7 Å². The Kier molecular flexibility index (Phi) is 4.29. The summed E-state index contributed by atoms with van der Waals surface area (Å²) in [6.45, 7) is -0.435. The van der Waals surface area contributed by atoms with Gasteiger partial charge in [0.1, 0.15) is 5.58 Å². The van der Waals surface area contributed by atoms with E-state index in [1.54, 1.807) is 30.3 Å². The molecule has 1 aliphatic carbocycles. The average molecular weight is 396 g/mol. The van der Waals surface area contributed by atoms with E-state index in [0.29, 0.717) is 16.5 Å². The average Bonchev–Trinajstić information content (AvgIpc) is 3.15. The highest BCUT2D eigenvalue weighted by Crippen LogP contribution is 2.36. The van der Waals surface area contributed by atoms with Gasteiger partial charge in [-0.3, -0.25) is 9.59 Å². The van der Waals surface area contributed by atoms with Crippen LogP contribution in [-0.2, 0) is 11.2 Å². The van der Waals surface area contributed by atoms with Gasteiger partial charge in [-0.25, -0.2) is 4.79 Å². The Bertz CT molecular complexity index is 1380. The van der Waals surface area contributed by atoms with Crippen LogP contribution in [0.1, 0.15) is 32.0 Å². The lowest BCUT2D eigenvalue weighted by molar-refractivity contribution is 0.0444. The fourth-order valence-electron chi connectivity index (χ4n) is 3.79. The predicted octanol–water partition coefficient (Wildman–Crippen LogP) is 4.40. The number of esters is 1. The van der Waals surface area contributed by atoms with E-state index < -0.39 is 12.6 Å². The van der Waals surface area contributed by atoms with Crippen LogP contribution in [0.15, 0.2) is 82.0 Å². The Labute approximate surface area is 171 Å². The van der Waals surface area contributed by atoms with Crippen LogP contribution in [0.3, 0.4) is 0 Å². The highest BCUT2D eigenvalue weighted by Gasteiger charge is 2.21. The van der Waals surface area contributed by atoms with Crippen LogP contribution < -0.4 is 5.43 Å². The van der Waals surface area contributed by atoms with E-state index in [2.05, 4.69) is 6.07 Å². The zero-order valence-electron chi connectivity index (χ0n) is 15.9. The van der Waals surface area contributed by atoms with Crippen LogP contribution in [0.4, 0.5) is 0 Å². The fourth-order valence-corrected chi connectivity index (χ4v) is 3.79. The van der Waals surface area contributed by atoms with Crippen molar-refractivity contribution in [3.05, 3.63) is 105 Å². The van der Waals surface area contributed by atoms with Gasteiger partial charge >= 0.3 is 5.97 Å². The van der Waals surface area contributed by atoms with Gasteiger partial charge in [-0.05, 0) is 46.9 Å². The first-order valence-corrected chi connectivity index (χ1v) is 9.54. The standard InChI is InChI=1S/C25H16O5/c26-21-13-24(30-23-8-4-3-7-19(21)23)25(28)29-14-22(27)17-10-9-16-11-15-5-1-2-6-18(15)20(16)12-17/h1-10,12-13H,11,14H2. The van der Waals surface area contributed by atoms with E-state index >= 15 is 0 Å². The third kappa shape index (κ3) is 3.10. The summed E-state index contributed by atoms with van der Waals surface area (Å²) in [6, 6.07) is 21.3. The number of hydrogen-bond acceptors (Lipinski definition) is 5. The molecule has 0 N–H and O–H groups in total. The molecule has 0 amide bonds. The maximum Gasteiger partial charge on any atom is 0.374 e. The molecule has 0 bridgehead atoms. The molecule has 0 radical (unpaired) electrons. The van der Waals surface area contributed by atoms with Crippen LogP contribution >= 0.6 is 0 Å². The third-order valence-corrected chi connectivity index (χ3v) is 5.29. The second-order valence-electron chi connectivity index (χ2n) is 7.18. The van der Waals surface area contributed by atoms with E-state index in [4.69, 9.17) is 9.15 Å². The predicted molar refractivity (Wildman–Crippen MR) is 112 cm³/mol. The molecule has 0 atom stereocenters. The third-order valence-electron chi connectivity index (χ3n) is 5.29. The molecule has 0 unspecified atom stereocenters. The minimum Gasteiger partial charge on any atom is -0.451 e. The molecule has 5 nitrogen and oxygen atoms in total. The summed E-state index contributed by atoms with van der Waals surface area (Å²) in [7, 11) is 0. The Morgan fingerprint density at radius 1 is 0.867 bits per heavy atom. The number of ether oxygens (including phenoxy) is 1. The molecule has 0 saturated heterocycles. The second-order valence-corrected chi connectivity index (χ2v) is 7.18. The first kappa shape index (κ1) is 18.1. The molecule has 0 aliphatic heterocycles. The van der Waals surface area contributed by atoms with E-state index in [0.717, 1.165) is 23.6 Å². The number of fused-ring (bicyclic) bond motifs is 4. The Morgan fingerprint density at radius 2 is 1.63 bits per heavy atom. The molecule has 146 valence electrons. The molecule has 4 aromatic rings. The summed E-state index contributed by atoms with van der Waals surface area (Å²) in [5.41, 5.74) is 4.98. The highest BCUT2D eigenvalue weighted by atomic mass is 16.5. The van der Waals surface area contributed by atoms with Gasteiger partial charge in [0.15, 0.2) is 17.8 Å². The van der Waals surface area contributed by atoms with E-state index in [-0.39, 0.29) is 17.0 Å². The molecule has 1 aromatic heterocycles. The normalized spacial score (nSPS) is 11.7. The van der Waals surface area contributed by atoms with Gasteiger partial charge in [-0.2, -0.15) is 0 Å². The molecule has 0 spiro atoms. The number of carbonyl (C=O) groups is 2. The van der Waals surface area contributed by atoms with Crippen molar-refractivity contribution in [3.63, 3.8) is 0 Å². The van der Waals surface area contributed by atoms with Crippen molar-refractivity contribution in [3.8, 4) is 11.1 Å². The van der Waals surface area contributed by atoms with Gasteiger partial charge in [-0.15, -0.1) is 0 Å². The minimum absolute atomic E-state index is 0.227. The number of Topliss-reactive ketones (excluding diaryl/α,β-unsaturated/α-hetero) is 1. The Morgan fingerprint density at radius 3 is 2.53 bits per heavy atom. The van der Waals surface area contributed by atoms with Gasteiger partial charge < -0.3 is 9.15 Å². The van der Waals surface area contributed by atoms with Gasteiger partial charge in [0.2, 0.25) is 5.76 Å². The number of ketones is 1. The molecule has 30 heavy (non-hydrogen) atoms. The van der Waals surface area contributed by atoms with Crippen LogP contribution in [0.2, 0.25) is 0 Å². The van der Waals surface area contributed by atoms with Crippen LogP contribution in [0.5, 0.6) is 0 Å². The number of carbonyl (C=O) groups excluding carboxylic acids is 2. The monoisotopic (exact) mass is 396 g/mol. The summed E-state index contributed by atoms with van der Waals surface area (Å²) in [4.78, 5) is 37.1. The molecule has 5 rings (SSSR count). The molecule has 0 saturated carbocycles. The van der Waals surface area contributed by atoms with Crippen molar-refractivity contribution in [2.75, 3.05) is 6.61 Å². The molecule has 3 aromatic carbocycles. The van der Waals surface area contributed by atoms with Crippen molar-refractivity contribution in [1.29, 1.82) is 0 Å². The zero-order chi connectivity index (χ0) is 20.7. The molecule has 0 fully saturated rings. The van der Waals surface area contributed by atoms with Crippen LogP contribution in [0, 0.1) is 0 Å². The topological polar surface area (TPSA) is 73.6 Å². The maximum absolute atomic E-state index is 12.6. The lowest BCUT2D eigenvalue weighted by atomic mass is 10.0. The largest absolute Gasteiger partial charge is 0.451 e. The van der Waals surface area contributed by atoms with Crippen molar-refractivity contribution in [1.82, 2.24) is 0 Å². The summed E-state index contributed by atoms with van der Waals surface area (Å²) in [6.07, 6.45) is 0.843. The number of benzene rings is 3. The van der Waals surface area contributed by atoms with Crippen LogP contribution in [-0.4, -0.2) is 18.4 Å². The smallest absolute Gasteiger partial charge is 0.374 e. The highest BCUT2D eigenvalue weighted by molar-refractivity contribution is 6.00. The quantitative estimate of drug-likeness (QED) is 0.332. The Balaban J connectivity index is 1.34. The van der Waals surface area contributed by atoms with E-state index in [1.807, 2.05) is 30.3 Å². The molecule has 5 heteroatoms. The summed E-state index contributed by atoms with van der Waals surface area (Å²) in [5, 5.41) is 0.378. The van der Waals surface area contributed by atoms with Crippen LogP contribution in [0.25, 0.3) is 22.1 Å². The van der Waals surface area contributed by atoms with Crippen molar-refractivity contribution in [2.45, 2.75) is 6.42 Å².